The van der Waals surface area contributed by atoms with Gasteiger partial charge in [-0.2, -0.15) is 0 Å². The van der Waals surface area contributed by atoms with E-state index < -0.39 is 0 Å². The molecule has 7 nitrogen and oxygen atoms in total. The van der Waals surface area contributed by atoms with Crippen molar-refractivity contribution in [3.63, 3.8) is 0 Å². The zero-order chi connectivity index (χ0) is 22.8. The van der Waals surface area contributed by atoms with Crippen molar-refractivity contribution in [2.24, 2.45) is 0 Å². The number of amides is 1. The van der Waals surface area contributed by atoms with Gasteiger partial charge in [0.1, 0.15) is 11.5 Å². The second kappa shape index (κ2) is 9.04. The number of fused-ring (bicyclic) bond motifs is 1. The Morgan fingerprint density at radius 2 is 2.06 bits per heavy atom. The Bertz CT molecular complexity index is 1170. The third-order valence-electron chi connectivity index (χ3n) is 5.76. The molecule has 8 heteroatoms. The summed E-state index contributed by atoms with van der Waals surface area (Å²) in [5, 5.41) is 4.75. The van der Waals surface area contributed by atoms with Crippen molar-refractivity contribution in [3.8, 4) is 22.6 Å². The summed E-state index contributed by atoms with van der Waals surface area (Å²) in [6.07, 6.45) is 3.98. The lowest BCUT2D eigenvalue weighted by Crippen LogP contribution is -2.30. The lowest BCUT2D eigenvalue weighted by molar-refractivity contribution is -0.125. The van der Waals surface area contributed by atoms with Crippen LogP contribution in [0.4, 0.5) is 5.95 Å². The molecule has 1 aromatic heterocycles. The number of hydrogen-bond acceptors (Lipinski definition) is 6. The fraction of sp³-hybridized carbons (Fsp3) is 0.292. The van der Waals surface area contributed by atoms with Gasteiger partial charge in [0.2, 0.25) is 11.9 Å². The minimum absolute atomic E-state index is 0.0515. The molecule has 1 amide bonds. The number of likely N-dealkylation sites (tertiary alicyclic amines) is 1. The number of anilines is 1. The van der Waals surface area contributed by atoms with Crippen LogP contribution < -0.4 is 14.8 Å². The maximum atomic E-state index is 11.8. The van der Waals surface area contributed by atoms with E-state index in [2.05, 4.69) is 21.9 Å². The number of halogens is 1. The lowest BCUT2D eigenvalue weighted by atomic mass is 9.98. The molecule has 1 atom stereocenters. The predicted octanol–water partition coefficient (Wildman–Crippen LogP) is 4.47. The van der Waals surface area contributed by atoms with Gasteiger partial charge >= 0.3 is 0 Å². The predicted molar refractivity (Wildman–Crippen MR) is 127 cm³/mol. The average Bonchev–Trinajstić information content (AvgIpc) is 3.27. The SMILES string of the molecule is C=CC(=O)N1CC[C@H](Nc2ncc3cc(-c4c(C)c(OC)cc(OC)c4Cl)ccc3n2)C1. The molecule has 4 rings (SSSR count). The molecule has 0 unspecified atom stereocenters. The van der Waals surface area contributed by atoms with Crippen LogP contribution in [0.3, 0.4) is 0 Å². The van der Waals surface area contributed by atoms with Crippen LogP contribution in [-0.2, 0) is 4.79 Å². The highest BCUT2D eigenvalue weighted by atomic mass is 35.5. The van der Waals surface area contributed by atoms with Crippen LogP contribution in [0.1, 0.15) is 12.0 Å². The Morgan fingerprint density at radius 3 is 2.78 bits per heavy atom. The largest absolute Gasteiger partial charge is 0.496 e. The number of nitrogens with zero attached hydrogens (tertiary/aromatic N) is 3. The first-order chi connectivity index (χ1) is 15.4. The zero-order valence-corrected chi connectivity index (χ0v) is 19.1. The minimum atomic E-state index is -0.0515. The van der Waals surface area contributed by atoms with Crippen LogP contribution in [0.2, 0.25) is 5.02 Å². The molecule has 1 aliphatic rings. The third-order valence-corrected chi connectivity index (χ3v) is 6.13. The molecule has 1 aliphatic heterocycles. The Labute approximate surface area is 192 Å². The van der Waals surface area contributed by atoms with Crippen molar-refractivity contribution in [2.45, 2.75) is 19.4 Å². The van der Waals surface area contributed by atoms with Crippen molar-refractivity contribution in [2.75, 3.05) is 32.6 Å². The number of hydrogen-bond donors (Lipinski definition) is 1. The molecule has 1 saturated heterocycles. The van der Waals surface area contributed by atoms with Crippen LogP contribution in [0, 0.1) is 6.92 Å². The summed E-state index contributed by atoms with van der Waals surface area (Å²) < 4.78 is 10.9. The highest BCUT2D eigenvalue weighted by Gasteiger charge is 2.25. The van der Waals surface area contributed by atoms with Gasteiger partial charge in [0, 0.05) is 47.9 Å². The molecular formula is C24H25ClN4O3. The molecule has 1 N–H and O–H groups in total. The topological polar surface area (TPSA) is 76.6 Å². The number of nitrogens with one attached hydrogen (secondary N) is 1. The number of carbonyl (C=O) groups excluding carboxylic acids is 1. The van der Waals surface area contributed by atoms with Gasteiger partial charge in [-0.05, 0) is 37.1 Å². The van der Waals surface area contributed by atoms with Crippen LogP contribution in [0.5, 0.6) is 11.5 Å². The van der Waals surface area contributed by atoms with E-state index in [0.29, 0.717) is 35.6 Å². The quantitative estimate of drug-likeness (QED) is 0.556. The Morgan fingerprint density at radius 1 is 1.28 bits per heavy atom. The average molecular weight is 453 g/mol. The highest BCUT2D eigenvalue weighted by Crippen LogP contribution is 2.43. The summed E-state index contributed by atoms with van der Waals surface area (Å²) in [4.78, 5) is 22.7. The van der Waals surface area contributed by atoms with Gasteiger partial charge in [-0.15, -0.1) is 0 Å². The molecular weight excluding hydrogens is 428 g/mol. The maximum Gasteiger partial charge on any atom is 0.246 e. The summed E-state index contributed by atoms with van der Waals surface area (Å²) in [6.45, 7) is 6.83. The van der Waals surface area contributed by atoms with Crippen molar-refractivity contribution in [1.29, 1.82) is 0 Å². The van der Waals surface area contributed by atoms with Gasteiger partial charge in [-0.1, -0.05) is 24.2 Å². The summed E-state index contributed by atoms with van der Waals surface area (Å²) in [7, 11) is 3.21. The number of methoxy groups -OCH3 is 2. The smallest absolute Gasteiger partial charge is 0.246 e. The van der Waals surface area contributed by atoms with E-state index >= 15 is 0 Å². The Balaban J connectivity index is 1.62. The summed E-state index contributed by atoms with van der Waals surface area (Å²) >= 11 is 6.64. The normalized spacial score (nSPS) is 15.6. The lowest BCUT2D eigenvalue weighted by Gasteiger charge is -2.17. The molecule has 2 heterocycles. The van der Waals surface area contributed by atoms with Gasteiger partial charge in [-0.25, -0.2) is 9.97 Å². The second-order valence-electron chi connectivity index (χ2n) is 7.68. The van der Waals surface area contributed by atoms with E-state index in [1.165, 1.54) is 6.08 Å². The van der Waals surface area contributed by atoms with Gasteiger partial charge in [-0.3, -0.25) is 4.79 Å². The standard InChI is InChI=1S/C24H25ClN4O3/c1-5-21(30)29-9-8-17(13-29)27-24-26-12-16-10-15(6-7-18(16)28-24)22-14(2)19(31-3)11-20(32-4)23(22)25/h5-7,10-12,17H,1,8-9,13H2,2-4H3,(H,26,27,28)/t17-/m0/s1. The molecule has 32 heavy (non-hydrogen) atoms. The zero-order valence-electron chi connectivity index (χ0n) is 18.3. The molecule has 0 saturated carbocycles. The van der Waals surface area contributed by atoms with Gasteiger partial charge in [0.25, 0.3) is 0 Å². The third kappa shape index (κ3) is 4.08. The van der Waals surface area contributed by atoms with E-state index in [1.54, 1.807) is 31.4 Å². The molecule has 0 spiro atoms. The molecule has 0 aliphatic carbocycles. The monoisotopic (exact) mass is 452 g/mol. The highest BCUT2D eigenvalue weighted by molar-refractivity contribution is 6.35. The second-order valence-corrected chi connectivity index (χ2v) is 8.06. The minimum Gasteiger partial charge on any atom is -0.496 e. The number of carbonyl (C=O) groups is 1. The molecule has 1 fully saturated rings. The molecule has 2 aromatic carbocycles. The van der Waals surface area contributed by atoms with Crippen LogP contribution >= 0.6 is 11.6 Å². The van der Waals surface area contributed by atoms with E-state index in [0.717, 1.165) is 34.0 Å². The van der Waals surface area contributed by atoms with Crippen molar-refractivity contribution < 1.29 is 14.3 Å². The maximum absolute atomic E-state index is 11.8. The van der Waals surface area contributed by atoms with E-state index in [9.17, 15) is 4.79 Å². The molecule has 166 valence electrons. The summed E-state index contributed by atoms with van der Waals surface area (Å²) in [6, 6.07) is 7.83. The number of benzene rings is 2. The van der Waals surface area contributed by atoms with Crippen LogP contribution in [0.25, 0.3) is 22.0 Å². The van der Waals surface area contributed by atoms with E-state index in [4.69, 9.17) is 21.1 Å². The first kappa shape index (κ1) is 21.9. The van der Waals surface area contributed by atoms with E-state index in [1.807, 2.05) is 25.1 Å². The molecule has 0 radical (unpaired) electrons. The molecule has 0 bridgehead atoms. The van der Waals surface area contributed by atoms with Crippen molar-refractivity contribution >= 4 is 34.4 Å². The van der Waals surface area contributed by atoms with Gasteiger partial charge < -0.3 is 19.7 Å². The number of rotatable bonds is 6. The first-order valence-corrected chi connectivity index (χ1v) is 10.7. The fourth-order valence-electron chi connectivity index (χ4n) is 4.05. The Kier molecular flexibility index (Phi) is 6.19. The fourth-order valence-corrected chi connectivity index (χ4v) is 4.44. The molecule has 3 aromatic rings. The summed E-state index contributed by atoms with van der Waals surface area (Å²) in [5.74, 6) is 1.75. The van der Waals surface area contributed by atoms with Gasteiger partial charge in [0.15, 0.2) is 0 Å². The van der Waals surface area contributed by atoms with Crippen molar-refractivity contribution in [3.05, 3.63) is 53.7 Å². The Hall–Kier alpha value is -3.32. The van der Waals surface area contributed by atoms with Crippen molar-refractivity contribution in [1.82, 2.24) is 14.9 Å². The van der Waals surface area contributed by atoms with Gasteiger partial charge in [0.05, 0.1) is 24.8 Å². The van der Waals surface area contributed by atoms with E-state index in [-0.39, 0.29) is 11.9 Å². The number of ether oxygens (including phenoxy) is 2. The number of aromatic nitrogens is 2. The first-order valence-electron chi connectivity index (χ1n) is 10.3. The van der Waals surface area contributed by atoms with Crippen LogP contribution in [0.15, 0.2) is 43.1 Å². The summed E-state index contributed by atoms with van der Waals surface area (Å²) in [5.41, 5.74) is 3.52. The van der Waals surface area contributed by atoms with Crippen LogP contribution in [-0.4, -0.2) is 54.1 Å².